The molecule has 0 spiro atoms. The molecule has 0 aliphatic carbocycles. The highest BCUT2D eigenvalue weighted by Gasteiger charge is 1.04. The summed E-state index contributed by atoms with van der Waals surface area (Å²) in [5, 5.41) is 10.8. The van der Waals surface area contributed by atoms with Crippen molar-refractivity contribution in [2.24, 2.45) is 0 Å². The fourth-order valence-electron chi connectivity index (χ4n) is 0. The van der Waals surface area contributed by atoms with Crippen LogP contribution in [0.5, 0.6) is 0 Å². The molecule has 40 valence electrons. The zero-order chi connectivity index (χ0) is 5.41. The first kappa shape index (κ1) is 16.7. The van der Waals surface area contributed by atoms with Gasteiger partial charge in [0.25, 0.3) is 0 Å². The Labute approximate surface area is 44.6 Å². The van der Waals surface area contributed by atoms with Gasteiger partial charge in [-0.15, -0.1) is 0 Å². The molecule has 0 saturated heterocycles. The summed E-state index contributed by atoms with van der Waals surface area (Å²) in [7, 11) is 0. The molecule has 2 N–H and O–H groups in total. The summed E-state index contributed by atoms with van der Waals surface area (Å²) in [6.45, 7) is 0. The minimum Gasteiger partial charge on any atom is -0.222 e. The highest BCUT2D eigenvalue weighted by atomic mass is 28.1. The van der Waals surface area contributed by atoms with Crippen LogP contribution in [0.2, 0.25) is 0 Å². The van der Waals surface area contributed by atoms with Crippen LogP contribution in [0.4, 0.5) is 0 Å². The first-order valence-corrected chi connectivity index (χ1v) is 0.908. The molecule has 0 aliphatic heterocycles. The third-order valence-corrected chi connectivity index (χ3v) is 0. The van der Waals surface area contributed by atoms with Gasteiger partial charge in [-0.1, -0.05) is 0 Å². The normalized spacial score (nSPS) is 2.29. The smallest absolute Gasteiger partial charge is 0.222 e. The van der Waals surface area contributed by atoms with Crippen molar-refractivity contribution in [1.29, 1.82) is 10.8 Å². The molecule has 0 aromatic heterocycles. The van der Waals surface area contributed by atoms with E-state index in [0.717, 1.165) is 12.2 Å². The van der Waals surface area contributed by atoms with Gasteiger partial charge in [0.15, 0.2) is 0 Å². The third-order valence-electron chi connectivity index (χ3n) is 0. The van der Waals surface area contributed by atoms with E-state index < -0.39 is 0 Å². The van der Waals surface area contributed by atoms with Gasteiger partial charge in [-0.2, -0.15) is 0 Å². The average Bonchev–Trinajstić information content (AvgIpc) is 1.39. The Bertz CT molecular complexity index is 67.7. The van der Waals surface area contributed by atoms with Gasteiger partial charge in [-0.05, 0) is 11.0 Å². The van der Waals surface area contributed by atoms with Crippen LogP contribution in [-0.4, -0.2) is 23.1 Å². The maximum absolute atomic E-state index is 8.35. The summed E-state index contributed by atoms with van der Waals surface area (Å²) in [5.41, 5.74) is 0. The summed E-state index contributed by atoms with van der Waals surface area (Å²) >= 11 is 0. The highest BCUT2D eigenvalue weighted by molar-refractivity contribution is 5.75. The number of hydrogen-bond acceptors (Lipinski definition) is 4. The maximum Gasteiger partial charge on any atom is 0.231 e. The standard InChI is InChI=1S/2CHNO.H4Si/c2*2-1-3;/h2*2H;1H4. The molecule has 0 atom stereocenters. The first-order valence-electron chi connectivity index (χ1n) is 0.908. The van der Waals surface area contributed by atoms with Gasteiger partial charge in [0.2, 0.25) is 12.2 Å². The van der Waals surface area contributed by atoms with Crippen molar-refractivity contribution in [3.63, 3.8) is 0 Å². The predicted molar refractivity (Wildman–Crippen MR) is 28.2 cm³/mol. The molecule has 5 heteroatoms. The maximum atomic E-state index is 8.35. The zero-order valence-electron chi connectivity index (χ0n) is 2.82. The zero-order valence-corrected chi connectivity index (χ0v) is 2.82. The van der Waals surface area contributed by atoms with E-state index in [2.05, 4.69) is 0 Å². The van der Waals surface area contributed by atoms with Gasteiger partial charge in [0.1, 0.15) is 0 Å². The molecule has 0 aromatic rings. The van der Waals surface area contributed by atoms with E-state index in [4.69, 9.17) is 20.4 Å². The van der Waals surface area contributed by atoms with Crippen molar-refractivity contribution in [3.05, 3.63) is 0 Å². The van der Waals surface area contributed by atoms with Gasteiger partial charge in [0, 0.05) is 0 Å². The highest BCUT2D eigenvalue weighted by Crippen LogP contribution is 0.871. The lowest BCUT2D eigenvalue weighted by atomic mass is 11.7. The van der Waals surface area contributed by atoms with Crippen LogP contribution in [0.3, 0.4) is 0 Å². The van der Waals surface area contributed by atoms with Crippen molar-refractivity contribution < 1.29 is 9.59 Å². The summed E-state index contributed by atoms with van der Waals surface area (Å²) in [4.78, 5) is 16.7. The quantitative estimate of drug-likeness (QED) is 0.227. The molecule has 0 radical (unpaired) electrons. The number of isocyanates is 2. The number of carbonyl (C=O) groups excluding carboxylic acids is 2. The fourth-order valence-corrected chi connectivity index (χ4v) is 0. The van der Waals surface area contributed by atoms with Gasteiger partial charge in [-0.3, -0.25) is 0 Å². The molecular formula is C2H6N2O2Si. The van der Waals surface area contributed by atoms with Crippen molar-refractivity contribution >= 4 is 23.1 Å². The Morgan fingerprint density at radius 2 is 1.00 bits per heavy atom. The largest absolute Gasteiger partial charge is 0.231 e. The number of rotatable bonds is 0. The van der Waals surface area contributed by atoms with Crippen molar-refractivity contribution in [2.45, 2.75) is 0 Å². The molecule has 0 heterocycles. The second-order valence-electron chi connectivity index (χ2n) is 0.204. The lowest BCUT2D eigenvalue weighted by molar-refractivity contribution is 0.562. The Morgan fingerprint density at radius 3 is 1.00 bits per heavy atom. The third kappa shape index (κ3) is 42.1. The summed E-state index contributed by atoms with van der Waals surface area (Å²) in [6.07, 6.45) is 1.50. The van der Waals surface area contributed by atoms with E-state index >= 15 is 0 Å². The second kappa shape index (κ2) is 82.5. The Hall–Kier alpha value is -1.02. The Balaban J connectivity index is -0.0000000400. The van der Waals surface area contributed by atoms with Crippen LogP contribution >= 0.6 is 0 Å². The topological polar surface area (TPSA) is 81.8 Å². The predicted octanol–water partition coefficient (Wildman–Crippen LogP) is -1.65. The Morgan fingerprint density at radius 1 is 1.00 bits per heavy atom. The molecule has 7 heavy (non-hydrogen) atoms. The molecule has 0 aromatic carbocycles. The second-order valence-corrected chi connectivity index (χ2v) is 0.204. The van der Waals surface area contributed by atoms with Crippen LogP contribution < -0.4 is 0 Å². The van der Waals surface area contributed by atoms with E-state index in [9.17, 15) is 0 Å². The van der Waals surface area contributed by atoms with Crippen LogP contribution in [0, 0.1) is 10.8 Å². The van der Waals surface area contributed by atoms with Gasteiger partial charge < -0.3 is 0 Å². The molecule has 0 saturated carbocycles. The van der Waals surface area contributed by atoms with Crippen molar-refractivity contribution in [1.82, 2.24) is 0 Å². The van der Waals surface area contributed by atoms with Crippen LogP contribution in [-0.2, 0) is 9.59 Å². The molecule has 0 fully saturated rings. The molecule has 0 amide bonds. The van der Waals surface area contributed by atoms with E-state index in [0.29, 0.717) is 0 Å². The van der Waals surface area contributed by atoms with Crippen molar-refractivity contribution in [2.75, 3.05) is 0 Å². The molecule has 0 aliphatic rings. The van der Waals surface area contributed by atoms with Crippen LogP contribution in [0.15, 0.2) is 0 Å². The van der Waals surface area contributed by atoms with E-state index in [1.165, 1.54) is 0 Å². The summed E-state index contributed by atoms with van der Waals surface area (Å²) in [5.74, 6) is 0. The first-order chi connectivity index (χ1) is 2.83. The SMILES string of the molecule is N=C=O.N=C=O.[SiH4]. The molecule has 4 nitrogen and oxygen atoms in total. The molecule has 0 unspecified atom stereocenters. The van der Waals surface area contributed by atoms with Gasteiger partial charge >= 0.3 is 0 Å². The van der Waals surface area contributed by atoms with E-state index in [1.54, 1.807) is 0 Å². The molecule has 0 rings (SSSR count). The minimum absolute atomic E-state index is 0. The van der Waals surface area contributed by atoms with E-state index in [1.807, 2.05) is 0 Å². The Kier molecular flexibility index (Phi) is 197. The number of nitrogens with one attached hydrogen (secondary N) is 2. The van der Waals surface area contributed by atoms with E-state index in [-0.39, 0.29) is 11.0 Å². The van der Waals surface area contributed by atoms with Crippen LogP contribution in [0.25, 0.3) is 0 Å². The van der Waals surface area contributed by atoms with Crippen LogP contribution in [0.1, 0.15) is 0 Å². The minimum atomic E-state index is 0. The average molecular weight is 118 g/mol. The summed E-state index contributed by atoms with van der Waals surface area (Å²) < 4.78 is 0. The molecular weight excluding hydrogens is 112 g/mol. The fraction of sp³-hybridized carbons (Fsp3) is 0. The summed E-state index contributed by atoms with van der Waals surface area (Å²) in [6, 6.07) is 0. The van der Waals surface area contributed by atoms with Gasteiger partial charge in [-0.25, -0.2) is 20.4 Å². The van der Waals surface area contributed by atoms with Gasteiger partial charge in [0.05, 0.1) is 0 Å². The molecule has 0 bridgehead atoms. The monoisotopic (exact) mass is 118 g/mol. The number of hydrogen-bond donors (Lipinski definition) is 2. The lowest BCUT2D eigenvalue weighted by Gasteiger charge is -1.02. The lowest BCUT2D eigenvalue weighted by Crippen LogP contribution is -1.16. The van der Waals surface area contributed by atoms with Crippen molar-refractivity contribution in [3.8, 4) is 0 Å².